The topological polar surface area (TPSA) is 24.5 Å². The smallest absolute Gasteiger partial charge is 0.0755 e. The number of hydrogen-bond acceptors (Lipinski definition) is 3. The van der Waals surface area contributed by atoms with Crippen molar-refractivity contribution in [3.05, 3.63) is 29.3 Å². The number of rotatable bonds is 3. The lowest BCUT2D eigenvalue weighted by Crippen LogP contribution is -2.43. The van der Waals surface area contributed by atoms with E-state index in [1.54, 1.807) is 0 Å². The normalized spacial score (nSPS) is 25.4. The molecule has 1 N–H and O–H groups in total. The molecule has 1 aromatic rings. The van der Waals surface area contributed by atoms with Crippen molar-refractivity contribution in [1.82, 2.24) is 5.32 Å². The standard InChI is InChI=1S/C18H28N2O/c1-13-5-8-17(14(9-13)10-19-18(2,3)4)20-11-15-6-7-16(12-20)21-15/h5,8-9,15-16,19H,6-7,10-12H2,1-4H3. The summed E-state index contributed by atoms with van der Waals surface area (Å²) in [6, 6.07) is 6.85. The number of benzene rings is 1. The Bertz CT molecular complexity index is 494. The van der Waals surface area contributed by atoms with Gasteiger partial charge in [-0.15, -0.1) is 0 Å². The summed E-state index contributed by atoms with van der Waals surface area (Å²) in [4.78, 5) is 2.53. The fourth-order valence-electron chi connectivity index (χ4n) is 3.34. The molecule has 2 bridgehead atoms. The predicted molar refractivity (Wildman–Crippen MR) is 87.9 cm³/mol. The van der Waals surface area contributed by atoms with Gasteiger partial charge < -0.3 is 15.0 Å². The fourth-order valence-corrected chi connectivity index (χ4v) is 3.34. The molecule has 21 heavy (non-hydrogen) atoms. The molecular weight excluding hydrogens is 260 g/mol. The summed E-state index contributed by atoms with van der Waals surface area (Å²) in [5.41, 5.74) is 4.27. The highest BCUT2D eigenvalue weighted by Crippen LogP contribution is 2.32. The minimum absolute atomic E-state index is 0.144. The van der Waals surface area contributed by atoms with Crippen LogP contribution in [0.4, 0.5) is 5.69 Å². The summed E-state index contributed by atoms with van der Waals surface area (Å²) < 4.78 is 5.97. The molecule has 0 saturated carbocycles. The quantitative estimate of drug-likeness (QED) is 0.924. The van der Waals surface area contributed by atoms with Crippen LogP contribution in [0.2, 0.25) is 0 Å². The molecule has 3 nitrogen and oxygen atoms in total. The largest absolute Gasteiger partial charge is 0.371 e. The van der Waals surface area contributed by atoms with Crippen molar-refractivity contribution in [3.63, 3.8) is 0 Å². The number of anilines is 1. The van der Waals surface area contributed by atoms with E-state index in [4.69, 9.17) is 4.74 Å². The molecule has 116 valence electrons. The number of ether oxygens (including phenoxy) is 1. The molecule has 1 aromatic carbocycles. The first-order valence-corrected chi connectivity index (χ1v) is 8.16. The SMILES string of the molecule is Cc1ccc(N2CC3CCC(C2)O3)c(CNC(C)(C)C)c1. The highest BCUT2D eigenvalue weighted by Gasteiger charge is 2.34. The molecule has 3 rings (SSSR count). The first-order valence-electron chi connectivity index (χ1n) is 8.16. The van der Waals surface area contributed by atoms with Crippen LogP contribution in [0.15, 0.2) is 18.2 Å². The zero-order chi connectivity index (χ0) is 15.0. The van der Waals surface area contributed by atoms with E-state index in [-0.39, 0.29) is 5.54 Å². The first-order chi connectivity index (χ1) is 9.90. The van der Waals surface area contributed by atoms with E-state index in [1.807, 2.05) is 0 Å². The third kappa shape index (κ3) is 3.58. The second-order valence-corrected chi connectivity index (χ2v) is 7.60. The molecule has 2 fully saturated rings. The first kappa shape index (κ1) is 14.9. The molecule has 2 heterocycles. The van der Waals surface area contributed by atoms with E-state index in [1.165, 1.54) is 29.7 Å². The maximum atomic E-state index is 5.97. The molecule has 2 aliphatic heterocycles. The van der Waals surface area contributed by atoms with Crippen LogP contribution >= 0.6 is 0 Å². The highest BCUT2D eigenvalue weighted by molar-refractivity contribution is 5.55. The zero-order valence-corrected chi connectivity index (χ0v) is 13.8. The van der Waals surface area contributed by atoms with Crippen LogP contribution in [-0.2, 0) is 11.3 Å². The third-order valence-electron chi connectivity index (χ3n) is 4.43. The fraction of sp³-hybridized carbons (Fsp3) is 0.667. The molecule has 0 aliphatic carbocycles. The van der Waals surface area contributed by atoms with Gasteiger partial charge >= 0.3 is 0 Å². The molecular formula is C18H28N2O. The van der Waals surface area contributed by atoms with Crippen molar-refractivity contribution in [2.75, 3.05) is 18.0 Å². The minimum Gasteiger partial charge on any atom is -0.371 e. The average Bonchev–Trinajstić information content (AvgIpc) is 2.74. The van der Waals surface area contributed by atoms with Gasteiger partial charge in [-0.05, 0) is 52.2 Å². The Balaban J connectivity index is 1.80. The molecule has 2 atom stereocenters. The Hall–Kier alpha value is -1.06. The van der Waals surface area contributed by atoms with Crippen LogP contribution < -0.4 is 10.2 Å². The van der Waals surface area contributed by atoms with Gasteiger partial charge in [-0.1, -0.05) is 17.7 Å². The summed E-state index contributed by atoms with van der Waals surface area (Å²) >= 11 is 0. The second kappa shape index (κ2) is 5.62. The van der Waals surface area contributed by atoms with Gasteiger partial charge in [0.2, 0.25) is 0 Å². The molecule has 2 unspecified atom stereocenters. The Morgan fingerprint density at radius 2 is 1.86 bits per heavy atom. The summed E-state index contributed by atoms with van der Waals surface area (Å²) in [6.45, 7) is 11.8. The van der Waals surface area contributed by atoms with Crippen LogP contribution in [0.1, 0.15) is 44.7 Å². The summed E-state index contributed by atoms with van der Waals surface area (Å²) in [6.07, 6.45) is 3.33. The number of nitrogens with one attached hydrogen (secondary N) is 1. The lowest BCUT2D eigenvalue weighted by atomic mass is 10.0. The van der Waals surface area contributed by atoms with E-state index in [0.29, 0.717) is 12.2 Å². The van der Waals surface area contributed by atoms with Gasteiger partial charge in [-0.2, -0.15) is 0 Å². The van der Waals surface area contributed by atoms with Gasteiger partial charge in [0.25, 0.3) is 0 Å². The molecule has 0 radical (unpaired) electrons. The molecule has 2 aliphatic rings. The van der Waals surface area contributed by atoms with Gasteiger partial charge in [0.1, 0.15) is 0 Å². The van der Waals surface area contributed by atoms with Gasteiger partial charge in [-0.25, -0.2) is 0 Å². The summed E-state index contributed by atoms with van der Waals surface area (Å²) in [5, 5.41) is 3.63. The van der Waals surface area contributed by atoms with Crippen LogP contribution in [-0.4, -0.2) is 30.8 Å². The van der Waals surface area contributed by atoms with Crippen molar-refractivity contribution in [2.24, 2.45) is 0 Å². The molecule has 0 spiro atoms. The molecule has 0 amide bonds. The maximum absolute atomic E-state index is 5.97. The Labute approximate surface area is 128 Å². The van der Waals surface area contributed by atoms with Crippen molar-refractivity contribution >= 4 is 5.69 Å². The zero-order valence-electron chi connectivity index (χ0n) is 13.8. The third-order valence-corrected chi connectivity index (χ3v) is 4.43. The Morgan fingerprint density at radius 1 is 1.19 bits per heavy atom. The van der Waals surface area contributed by atoms with Gasteiger partial charge in [0, 0.05) is 30.9 Å². The maximum Gasteiger partial charge on any atom is 0.0755 e. The number of morpholine rings is 1. The molecule has 2 saturated heterocycles. The van der Waals surface area contributed by atoms with Crippen molar-refractivity contribution < 1.29 is 4.74 Å². The lowest BCUT2D eigenvalue weighted by Gasteiger charge is -2.35. The monoisotopic (exact) mass is 288 g/mol. The van der Waals surface area contributed by atoms with Crippen LogP contribution in [0.5, 0.6) is 0 Å². The summed E-state index contributed by atoms with van der Waals surface area (Å²) in [7, 11) is 0. The lowest BCUT2D eigenvalue weighted by molar-refractivity contribution is 0.0304. The molecule has 0 aromatic heterocycles. The van der Waals surface area contributed by atoms with Crippen LogP contribution in [0.25, 0.3) is 0 Å². The number of nitrogens with zero attached hydrogens (tertiary/aromatic N) is 1. The predicted octanol–water partition coefficient (Wildman–Crippen LogP) is 3.25. The summed E-state index contributed by atoms with van der Waals surface area (Å²) in [5.74, 6) is 0. The van der Waals surface area contributed by atoms with Crippen LogP contribution in [0, 0.1) is 6.92 Å². The Kier molecular flexibility index (Phi) is 3.98. The number of aryl methyl sites for hydroxylation is 1. The second-order valence-electron chi connectivity index (χ2n) is 7.60. The Morgan fingerprint density at radius 3 is 2.48 bits per heavy atom. The highest BCUT2D eigenvalue weighted by atomic mass is 16.5. The van der Waals surface area contributed by atoms with Crippen molar-refractivity contribution in [2.45, 2.75) is 64.8 Å². The van der Waals surface area contributed by atoms with E-state index >= 15 is 0 Å². The van der Waals surface area contributed by atoms with Gasteiger partial charge in [-0.3, -0.25) is 0 Å². The van der Waals surface area contributed by atoms with Crippen LogP contribution in [0.3, 0.4) is 0 Å². The van der Waals surface area contributed by atoms with E-state index in [9.17, 15) is 0 Å². The molecule has 3 heteroatoms. The average molecular weight is 288 g/mol. The van der Waals surface area contributed by atoms with E-state index in [0.717, 1.165) is 19.6 Å². The van der Waals surface area contributed by atoms with E-state index < -0.39 is 0 Å². The van der Waals surface area contributed by atoms with Crippen molar-refractivity contribution in [1.29, 1.82) is 0 Å². The van der Waals surface area contributed by atoms with Gasteiger partial charge in [0.05, 0.1) is 12.2 Å². The van der Waals surface area contributed by atoms with Crippen molar-refractivity contribution in [3.8, 4) is 0 Å². The number of fused-ring (bicyclic) bond motifs is 2. The minimum atomic E-state index is 0.144. The number of hydrogen-bond donors (Lipinski definition) is 1. The van der Waals surface area contributed by atoms with Gasteiger partial charge in [0.15, 0.2) is 0 Å². The van der Waals surface area contributed by atoms with E-state index in [2.05, 4.69) is 56.1 Å².